The summed E-state index contributed by atoms with van der Waals surface area (Å²) in [4.78, 5) is 49.6. The van der Waals surface area contributed by atoms with E-state index in [0.29, 0.717) is 54.8 Å². The van der Waals surface area contributed by atoms with Crippen LogP contribution in [0.4, 0.5) is 20.2 Å². The SMILES string of the molecule is CC#N.CCC(=O)NC.CNC(=O)C(CCC=O)N(C=O)c1ccc(Cc2ccc(C(N)C3CCN(c4ccc(C#N)cc4F)CC3)cc2F)c2cccc(C)c12. The highest BCUT2D eigenvalue weighted by molar-refractivity contribution is 6.05. The van der Waals surface area contributed by atoms with Gasteiger partial charge >= 0.3 is 0 Å². The fraction of sp³-hybridized carbons (Fsp3) is 0.364. The zero-order valence-electron chi connectivity index (χ0n) is 33.1. The molecule has 1 heterocycles. The molecule has 1 saturated heterocycles. The van der Waals surface area contributed by atoms with E-state index in [9.17, 15) is 23.6 Å². The Kier molecular flexibility index (Phi) is 17.8. The van der Waals surface area contributed by atoms with Crippen LogP contribution in [0.5, 0.6) is 0 Å². The average molecular weight is 780 g/mol. The van der Waals surface area contributed by atoms with Crippen LogP contribution < -0.4 is 26.2 Å². The molecule has 1 aliphatic rings. The van der Waals surface area contributed by atoms with E-state index in [2.05, 4.69) is 10.6 Å². The van der Waals surface area contributed by atoms with Crippen molar-refractivity contribution in [2.24, 2.45) is 11.7 Å². The van der Waals surface area contributed by atoms with E-state index in [4.69, 9.17) is 16.3 Å². The molecule has 4 N–H and O–H groups in total. The van der Waals surface area contributed by atoms with E-state index in [1.165, 1.54) is 31.0 Å². The molecular formula is C44H51F2N7O4. The molecule has 0 spiro atoms. The molecule has 4 aromatic carbocycles. The van der Waals surface area contributed by atoms with Crippen molar-refractivity contribution in [1.29, 1.82) is 10.5 Å². The molecule has 1 fully saturated rings. The highest BCUT2D eigenvalue weighted by Crippen LogP contribution is 2.36. The van der Waals surface area contributed by atoms with E-state index in [1.54, 1.807) is 37.4 Å². The van der Waals surface area contributed by atoms with Crippen molar-refractivity contribution in [3.8, 4) is 12.1 Å². The lowest BCUT2D eigenvalue weighted by atomic mass is 9.85. The highest BCUT2D eigenvalue weighted by atomic mass is 19.1. The number of carbonyl (C=O) groups excluding carboxylic acids is 4. The molecule has 0 bridgehead atoms. The van der Waals surface area contributed by atoms with Gasteiger partial charge in [0.2, 0.25) is 18.2 Å². The van der Waals surface area contributed by atoms with Crippen LogP contribution in [-0.2, 0) is 25.6 Å². The Balaban J connectivity index is 0.000000872. The number of halogens is 2. The Hall–Kier alpha value is -6.18. The maximum absolute atomic E-state index is 15.7. The topological polar surface area (TPSA) is 172 Å². The predicted octanol–water partition coefficient (Wildman–Crippen LogP) is 6.53. The second-order valence-corrected chi connectivity index (χ2v) is 13.5. The van der Waals surface area contributed by atoms with Gasteiger partial charge in [0.15, 0.2) is 0 Å². The fourth-order valence-electron chi connectivity index (χ4n) is 6.99. The summed E-state index contributed by atoms with van der Waals surface area (Å²) >= 11 is 0. The summed E-state index contributed by atoms with van der Waals surface area (Å²) in [5.74, 6) is -0.974. The summed E-state index contributed by atoms with van der Waals surface area (Å²) in [6.45, 7) is 6.37. The number of nitriles is 2. The number of aldehydes is 1. The van der Waals surface area contributed by atoms with Gasteiger partial charge in [-0.3, -0.25) is 14.4 Å². The first-order chi connectivity index (χ1) is 27.4. The smallest absolute Gasteiger partial charge is 0.242 e. The van der Waals surface area contributed by atoms with Gasteiger partial charge in [0.25, 0.3) is 0 Å². The van der Waals surface area contributed by atoms with E-state index in [0.717, 1.165) is 41.0 Å². The maximum Gasteiger partial charge on any atom is 0.242 e. The van der Waals surface area contributed by atoms with Gasteiger partial charge in [0, 0.05) is 64.8 Å². The Bertz CT molecular complexity index is 2100. The maximum atomic E-state index is 15.7. The molecule has 0 aromatic heterocycles. The van der Waals surface area contributed by atoms with Crippen LogP contribution in [-0.4, -0.2) is 57.7 Å². The number of benzene rings is 4. The number of nitrogens with two attached hydrogens (primary N) is 1. The number of amides is 3. The lowest BCUT2D eigenvalue weighted by molar-refractivity contribution is -0.123. The largest absolute Gasteiger partial charge is 0.369 e. The number of fused-ring (bicyclic) bond motifs is 1. The van der Waals surface area contributed by atoms with Gasteiger partial charge in [-0.2, -0.15) is 10.5 Å². The van der Waals surface area contributed by atoms with Crippen LogP contribution in [0.1, 0.15) is 79.8 Å². The summed E-state index contributed by atoms with van der Waals surface area (Å²) in [5.41, 5.74) is 10.9. The van der Waals surface area contributed by atoms with Crippen molar-refractivity contribution in [2.45, 2.75) is 71.4 Å². The molecule has 0 radical (unpaired) electrons. The fourth-order valence-corrected chi connectivity index (χ4v) is 6.99. The number of nitrogens with one attached hydrogen (secondary N) is 2. The van der Waals surface area contributed by atoms with Gasteiger partial charge in [-0.15, -0.1) is 0 Å². The van der Waals surface area contributed by atoms with Gasteiger partial charge in [-0.25, -0.2) is 8.78 Å². The second kappa shape index (κ2) is 22.4. The summed E-state index contributed by atoms with van der Waals surface area (Å²) in [6, 6.07) is 21.4. The molecule has 0 saturated carbocycles. The first-order valence-corrected chi connectivity index (χ1v) is 18.8. The van der Waals surface area contributed by atoms with Crippen molar-refractivity contribution in [2.75, 3.05) is 37.0 Å². The number of hydrogen-bond acceptors (Lipinski definition) is 8. The molecule has 2 unspecified atom stereocenters. The van der Waals surface area contributed by atoms with Crippen molar-refractivity contribution >= 4 is 46.7 Å². The number of nitrogens with zero attached hydrogens (tertiary/aromatic N) is 4. The molecule has 5 rings (SSSR count). The van der Waals surface area contributed by atoms with Gasteiger partial charge in [0.1, 0.15) is 24.0 Å². The number of hydrogen-bond donors (Lipinski definition) is 3. The monoisotopic (exact) mass is 779 g/mol. The predicted molar refractivity (Wildman–Crippen MR) is 218 cm³/mol. The van der Waals surface area contributed by atoms with Crippen molar-refractivity contribution in [3.05, 3.63) is 106 Å². The Morgan fingerprint density at radius 3 is 2.21 bits per heavy atom. The van der Waals surface area contributed by atoms with E-state index < -0.39 is 11.9 Å². The Morgan fingerprint density at radius 1 is 0.982 bits per heavy atom. The van der Waals surface area contributed by atoms with Crippen LogP contribution in [0.25, 0.3) is 10.8 Å². The summed E-state index contributed by atoms with van der Waals surface area (Å²) < 4.78 is 30.3. The zero-order valence-corrected chi connectivity index (χ0v) is 33.1. The molecule has 1 aliphatic heterocycles. The number of rotatable bonds is 13. The third-order valence-electron chi connectivity index (χ3n) is 10.1. The lowest BCUT2D eigenvalue weighted by Crippen LogP contribution is -2.45. The van der Waals surface area contributed by atoms with E-state index >= 15 is 4.39 Å². The molecular weight excluding hydrogens is 729 g/mol. The highest BCUT2D eigenvalue weighted by Gasteiger charge is 2.29. The normalized spacial score (nSPS) is 13.3. The van der Waals surface area contributed by atoms with Crippen molar-refractivity contribution < 1.29 is 28.0 Å². The van der Waals surface area contributed by atoms with Gasteiger partial charge in [-0.1, -0.05) is 43.3 Å². The van der Waals surface area contributed by atoms with Crippen LogP contribution in [0.15, 0.2) is 66.7 Å². The molecule has 11 nitrogen and oxygen atoms in total. The first kappa shape index (κ1) is 45.2. The van der Waals surface area contributed by atoms with Gasteiger partial charge in [0.05, 0.1) is 29.1 Å². The lowest BCUT2D eigenvalue weighted by Gasteiger charge is -2.36. The zero-order chi connectivity index (χ0) is 42.1. The minimum Gasteiger partial charge on any atom is -0.369 e. The second-order valence-electron chi connectivity index (χ2n) is 13.5. The van der Waals surface area contributed by atoms with Crippen LogP contribution in [0.2, 0.25) is 0 Å². The van der Waals surface area contributed by atoms with Crippen LogP contribution in [0.3, 0.4) is 0 Å². The van der Waals surface area contributed by atoms with Gasteiger partial charge in [-0.05, 0) is 90.1 Å². The molecule has 4 aromatic rings. The Labute approximate surface area is 333 Å². The van der Waals surface area contributed by atoms with Crippen molar-refractivity contribution in [1.82, 2.24) is 10.6 Å². The molecule has 300 valence electrons. The molecule has 13 heteroatoms. The number of likely N-dealkylation sites (N-methyl/N-ethyl adjacent to an activating group) is 1. The average Bonchev–Trinajstić information content (AvgIpc) is 3.23. The number of carbonyl (C=O) groups is 4. The third kappa shape index (κ3) is 11.7. The summed E-state index contributed by atoms with van der Waals surface area (Å²) in [5, 5.41) is 23.0. The number of aryl methyl sites for hydroxylation is 1. The quantitative estimate of drug-likeness (QED) is 0.129. The molecule has 0 aliphatic carbocycles. The van der Waals surface area contributed by atoms with E-state index in [1.807, 2.05) is 55.1 Å². The molecule has 3 amide bonds. The number of anilines is 2. The summed E-state index contributed by atoms with van der Waals surface area (Å²) in [6.07, 6.45) is 3.94. The van der Waals surface area contributed by atoms with Crippen molar-refractivity contribution in [3.63, 3.8) is 0 Å². The third-order valence-corrected chi connectivity index (χ3v) is 10.1. The van der Waals surface area contributed by atoms with Crippen LogP contribution >= 0.6 is 0 Å². The first-order valence-electron chi connectivity index (χ1n) is 18.8. The van der Waals surface area contributed by atoms with Gasteiger partial charge < -0.3 is 31.0 Å². The molecule has 57 heavy (non-hydrogen) atoms. The minimum atomic E-state index is -0.870. The summed E-state index contributed by atoms with van der Waals surface area (Å²) in [7, 11) is 3.12. The van der Waals surface area contributed by atoms with E-state index in [-0.39, 0.29) is 48.0 Å². The standard InChI is InChI=1S/C38H39F2N5O3.C4H9NO.C2H3N/c1-24-5-3-6-30-27(11-13-34(36(24)30)45(23-47)35(7-4-18-46)38(48)43-2)20-28-9-10-29(21-31(28)39)37(42)26-14-16-44(17-15-26)33-12-8-25(22-41)19-32(33)40;1-3-4(6)5-2;1-2-3/h3,5-6,8-13,18-19,21,23,26,35,37H,4,7,14-17,20,42H2,1-2H3,(H,43,48);3H2,1-2H3,(H,5,6);1H3. The number of piperidine rings is 1. The van der Waals surface area contributed by atoms with Crippen LogP contribution in [0, 0.1) is 47.1 Å². The Morgan fingerprint density at radius 2 is 1.67 bits per heavy atom. The minimum absolute atomic E-state index is 0.0926. The molecule has 2 atom stereocenters.